The summed E-state index contributed by atoms with van der Waals surface area (Å²) in [5.41, 5.74) is 2.15. The third kappa shape index (κ3) is 3.16. The standard InChI is InChI=1S/C16H20N2O2.C2H6/c1-4-5-11-13(19-2)9-8-12-14(11)17-15(10-6-7-10)18-16(12)20-3;1-2/h8-10H,4-7H2,1-3H3;1-2H3. The highest BCUT2D eigenvalue weighted by molar-refractivity contribution is 5.88. The molecule has 1 aromatic carbocycles. The minimum absolute atomic E-state index is 0.508. The highest BCUT2D eigenvalue weighted by atomic mass is 16.5. The van der Waals surface area contributed by atoms with E-state index in [4.69, 9.17) is 14.5 Å². The van der Waals surface area contributed by atoms with E-state index in [-0.39, 0.29) is 0 Å². The summed E-state index contributed by atoms with van der Waals surface area (Å²) in [7, 11) is 3.38. The fourth-order valence-electron chi connectivity index (χ4n) is 2.58. The van der Waals surface area contributed by atoms with E-state index in [9.17, 15) is 0 Å². The Morgan fingerprint density at radius 2 is 1.82 bits per heavy atom. The first-order valence-electron chi connectivity index (χ1n) is 8.20. The summed E-state index contributed by atoms with van der Waals surface area (Å²) in [6, 6.07) is 3.97. The van der Waals surface area contributed by atoms with Crippen LogP contribution in [0.5, 0.6) is 11.6 Å². The van der Waals surface area contributed by atoms with Gasteiger partial charge in [-0.3, -0.25) is 0 Å². The molecule has 1 aliphatic rings. The molecule has 1 aromatic heterocycles. The van der Waals surface area contributed by atoms with Gasteiger partial charge in [-0.1, -0.05) is 27.2 Å². The van der Waals surface area contributed by atoms with Crippen molar-refractivity contribution in [3.8, 4) is 11.6 Å². The molecular formula is C18H26N2O2. The second kappa shape index (κ2) is 7.43. The molecular weight excluding hydrogens is 276 g/mol. The number of ether oxygens (including phenoxy) is 2. The minimum atomic E-state index is 0.508. The van der Waals surface area contributed by atoms with Crippen LogP contribution >= 0.6 is 0 Å². The molecule has 0 unspecified atom stereocenters. The van der Waals surface area contributed by atoms with Crippen molar-refractivity contribution in [2.24, 2.45) is 0 Å². The summed E-state index contributed by atoms with van der Waals surface area (Å²) < 4.78 is 11.0. The van der Waals surface area contributed by atoms with Gasteiger partial charge in [0.2, 0.25) is 5.88 Å². The van der Waals surface area contributed by atoms with Crippen molar-refractivity contribution in [1.29, 1.82) is 0 Å². The van der Waals surface area contributed by atoms with Crippen molar-refractivity contribution in [3.05, 3.63) is 23.5 Å². The van der Waals surface area contributed by atoms with Crippen molar-refractivity contribution in [3.63, 3.8) is 0 Å². The van der Waals surface area contributed by atoms with E-state index >= 15 is 0 Å². The first-order valence-corrected chi connectivity index (χ1v) is 8.20. The molecule has 4 nitrogen and oxygen atoms in total. The zero-order chi connectivity index (χ0) is 16.1. The average Bonchev–Trinajstić information content (AvgIpc) is 3.41. The van der Waals surface area contributed by atoms with E-state index in [2.05, 4.69) is 11.9 Å². The monoisotopic (exact) mass is 302 g/mol. The lowest BCUT2D eigenvalue weighted by molar-refractivity contribution is 0.399. The SMILES string of the molecule is CC.CCCc1c(OC)ccc2c(OC)nc(C3CC3)nc12. The van der Waals surface area contributed by atoms with Gasteiger partial charge < -0.3 is 9.47 Å². The number of benzene rings is 1. The molecule has 0 N–H and O–H groups in total. The topological polar surface area (TPSA) is 44.2 Å². The Hall–Kier alpha value is -1.84. The van der Waals surface area contributed by atoms with Crippen LogP contribution in [0.4, 0.5) is 0 Å². The van der Waals surface area contributed by atoms with Gasteiger partial charge in [0.15, 0.2) is 0 Å². The Labute approximate surface area is 132 Å². The molecule has 0 saturated heterocycles. The number of methoxy groups -OCH3 is 2. The van der Waals surface area contributed by atoms with Crippen LogP contribution in [0.25, 0.3) is 10.9 Å². The van der Waals surface area contributed by atoms with Gasteiger partial charge in [0.25, 0.3) is 0 Å². The third-order valence-corrected chi connectivity index (χ3v) is 3.77. The van der Waals surface area contributed by atoms with Crippen LogP contribution in [0.15, 0.2) is 12.1 Å². The fraction of sp³-hybridized carbons (Fsp3) is 0.556. The lowest BCUT2D eigenvalue weighted by atomic mass is 10.0. The molecule has 3 rings (SSSR count). The van der Waals surface area contributed by atoms with Gasteiger partial charge in [-0.15, -0.1) is 0 Å². The molecule has 0 radical (unpaired) electrons. The molecule has 1 heterocycles. The number of hydrogen-bond donors (Lipinski definition) is 0. The summed E-state index contributed by atoms with van der Waals surface area (Å²) in [5.74, 6) is 3.01. The summed E-state index contributed by atoms with van der Waals surface area (Å²) in [5, 5.41) is 0.973. The maximum atomic E-state index is 5.49. The van der Waals surface area contributed by atoms with Crippen LogP contribution in [0.3, 0.4) is 0 Å². The molecule has 0 atom stereocenters. The smallest absolute Gasteiger partial charge is 0.224 e. The Morgan fingerprint density at radius 1 is 1.09 bits per heavy atom. The van der Waals surface area contributed by atoms with Crippen molar-refractivity contribution >= 4 is 10.9 Å². The fourth-order valence-corrected chi connectivity index (χ4v) is 2.58. The highest BCUT2D eigenvalue weighted by Crippen LogP contribution is 2.41. The van der Waals surface area contributed by atoms with Crippen molar-refractivity contribution in [1.82, 2.24) is 9.97 Å². The minimum Gasteiger partial charge on any atom is -0.496 e. The Bertz CT molecular complexity index is 637. The van der Waals surface area contributed by atoms with E-state index < -0.39 is 0 Å². The number of aromatic nitrogens is 2. The zero-order valence-electron chi connectivity index (χ0n) is 14.3. The molecule has 0 spiro atoms. The molecule has 22 heavy (non-hydrogen) atoms. The Morgan fingerprint density at radius 3 is 2.36 bits per heavy atom. The number of nitrogens with zero attached hydrogens (tertiary/aromatic N) is 2. The van der Waals surface area contributed by atoms with Crippen LogP contribution in [0.2, 0.25) is 0 Å². The first-order chi connectivity index (χ1) is 10.8. The Kier molecular flexibility index (Phi) is 5.58. The zero-order valence-corrected chi connectivity index (χ0v) is 14.3. The van der Waals surface area contributed by atoms with Gasteiger partial charge in [0, 0.05) is 11.5 Å². The van der Waals surface area contributed by atoms with E-state index in [0.29, 0.717) is 11.8 Å². The lowest BCUT2D eigenvalue weighted by Crippen LogP contribution is -2.02. The number of aryl methyl sites for hydroxylation is 1. The van der Waals surface area contributed by atoms with Crippen molar-refractivity contribution in [2.75, 3.05) is 14.2 Å². The predicted octanol–water partition coefficient (Wildman–Crippen LogP) is 4.50. The van der Waals surface area contributed by atoms with E-state index in [1.807, 2.05) is 26.0 Å². The molecule has 0 aliphatic heterocycles. The Balaban J connectivity index is 0.000000847. The van der Waals surface area contributed by atoms with Gasteiger partial charge in [0.1, 0.15) is 11.6 Å². The van der Waals surface area contributed by atoms with Gasteiger partial charge in [-0.25, -0.2) is 4.98 Å². The van der Waals surface area contributed by atoms with Crippen LogP contribution in [0.1, 0.15) is 57.3 Å². The normalized spacial score (nSPS) is 13.5. The molecule has 1 saturated carbocycles. The number of hydrogen-bond acceptors (Lipinski definition) is 4. The van der Waals surface area contributed by atoms with E-state index in [0.717, 1.165) is 40.9 Å². The summed E-state index contributed by atoms with van der Waals surface area (Å²) in [4.78, 5) is 9.37. The quantitative estimate of drug-likeness (QED) is 0.815. The average molecular weight is 302 g/mol. The maximum absolute atomic E-state index is 5.49. The van der Waals surface area contributed by atoms with Crippen LogP contribution < -0.4 is 9.47 Å². The largest absolute Gasteiger partial charge is 0.496 e. The summed E-state index contributed by atoms with van der Waals surface area (Å²) >= 11 is 0. The molecule has 2 aromatic rings. The molecule has 120 valence electrons. The molecule has 4 heteroatoms. The third-order valence-electron chi connectivity index (χ3n) is 3.77. The maximum Gasteiger partial charge on any atom is 0.224 e. The van der Waals surface area contributed by atoms with E-state index in [1.165, 1.54) is 12.8 Å². The van der Waals surface area contributed by atoms with Crippen molar-refractivity contribution in [2.45, 2.75) is 52.4 Å². The molecule has 1 fully saturated rings. The molecule has 0 bridgehead atoms. The molecule has 1 aliphatic carbocycles. The van der Waals surface area contributed by atoms with Crippen LogP contribution in [0, 0.1) is 0 Å². The van der Waals surface area contributed by atoms with Crippen LogP contribution in [-0.2, 0) is 6.42 Å². The lowest BCUT2D eigenvalue weighted by Gasteiger charge is -2.13. The van der Waals surface area contributed by atoms with Crippen molar-refractivity contribution < 1.29 is 9.47 Å². The van der Waals surface area contributed by atoms with E-state index in [1.54, 1.807) is 14.2 Å². The van der Waals surface area contributed by atoms with Gasteiger partial charge in [-0.2, -0.15) is 4.98 Å². The first kappa shape index (κ1) is 16.5. The summed E-state index contributed by atoms with van der Waals surface area (Å²) in [6.45, 7) is 6.17. The van der Waals surface area contributed by atoms with Gasteiger partial charge in [-0.05, 0) is 31.4 Å². The van der Waals surface area contributed by atoms with Gasteiger partial charge in [0.05, 0.1) is 25.1 Å². The van der Waals surface area contributed by atoms with Crippen LogP contribution in [-0.4, -0.2) is 24.2 Å². The second-order valence-electron chi connectivity index (χ2n) is 5.26. The second-order valence-corrected chi connectivity index (χ2v) is 5.26. The number of rotatable bonds is 5. The summed E-state index contributed by atoms with van der Waals surface area (Å²) in [6.07, 6.45) is 4.37. The molecule has 0 amide bonds. The highest BCUT2D eigenvalue weighted by Gasteiger charge is 2.28. The predicted molar refractivity (Wildman–Crippen MR) is 90.0 cm³/mol. The number of fused-ring (bicyclic) bond motifs is 1. The van der Waals surface area contributed by atoms with Gasteiger partial charge >= 0.3 is 0 Å².